The normalized spacial score (nSPS) is 12.8. The van der Waals surface area contributed by atoms with E-state index in [1.54, 1.807) is 6.92 Å². The van der Waals surface area contributed by atoms with Crippen molar-refractivity contribution in [1.82, 2.24) is 15.1 Å². The molecule has 1 amide bonds. The van der Waals surface area contributed by atoms with Crippen molar-refractivity contribution in [2.24, 2.45) is 5.92 Å². The van der Waals surface area contributed by atoms with Crippen molar-refractivity contribution in [3.63, 3.8) is 0 Å². The van der Waals surface area contributed by atoms with Gasteiger partial charge in [-0.05, 0) is 26.7 Å². The first kappa shape index (κ1) is 15.7. The fraction of sp³-hybridized carbons (Fsp3) is 0.714. The lowest BCUT2D eigenvalue weighted by atomic mass is 10.1. The number of rotatable bonds is 6. The highest BCUT2D eigenvalue weighted by Gasteiger charge is 2.16. The average Bonchev–Trinajstić information content (AvgIpc) is 2.56. The summed E-state index contributed by atoms with van der Waals surface area (Å²) in [4.78, 5) is 11.9. The van der Waals surface area contributed by atoms with Gasteiger partial charge in [-0.1, -0.05) is 13.8 Å². The number of carbonyl (C=O) groups is 1. The van der Waals surface area contributed by atoms with Crippen LogP contribution >= 0.6 is 0 Å². The molecule has 1 rings (SSSR count). The van der Waals surface area contributed by atoms with Gasteiger partial charge in [-0.2, -0.15) is 5.10 Å². The highest BCUT2D eigenvalue weighted by atomic mass is 16.3. The van der Waals surface area contributed by atoms with Crippen LogP contribution in [0.2, 0.25) is 0 Å². The molecule has 0 aromatic carbocycles. The van der Waals surface area contributed by atoms with E-state index in [2.05, 4.69) is 24.3 Å². The molecule has 0 aliphatic heterocycles. The maximum absolute atomic E-state index is 11.9. The predicted molar refractivity (Wildman–Crippen MR) is 74.9 cm³/mol. The van der Waals surface area contributed by atoms with E-state index in [9.17, 15) is 4.79 Å². The van der Waals surface area contributed by atoms with E-state index in [1.165, 1.54) is 0 Å². The van der Waals surface area contributed by atoms with Gasteiger partial charge < -0.3 is 10.4 Å². The Labute approximate surface area is 115 Å². The van der Waals surface area contributed by atoms with Gasteiger partial charge >= 0.3 is 0 Å². The highest BCUT2D eigenvalue weighted by molar-refractivity contribution is 5.79. The first-order chi connectivity index (χ1) is 8.85. The van der Waals surface area contributed by atoms with Crippen LogP contribution in [0.25, 0.3) is 0 Å². The molecule has 0 radical (unpaired) electrons. The minimum Gasteiger partial charge on any atom is -0.394 e. The molecule has 0 fully saturated rings. The van der Waals surface area contributed by atoms with E-state index < -0.39 is 0 Å². The van der Waals surface area contributed by atoms with Crippen LogP contribution in [0, 0.1) is 19.8 Å². The van der Waals surface area contributed by atoms with Crippen molar-refractivity contribution in [3.8, 4) is 0 Å². The average molecular weight is 267 g/mol. The van der Waals surface area contributed by atoms with Gasteiger partial charge in [-0.3, -0.25) is 9.48 Å². The van der Waals surface area contributed by atoms with Crippen LogP contribution in [0.4, 0.5) is 0 Å². The maximum atomic E-state index is 11.9. The molecular weight excluding hydrogens is 242 g/mol. The van der Waals surface area contributed by atoms with Gasteiger partial charge in [0.05, 0.1) is 18.7 Å². The van der Waals surface area contributed by atoms with E-state index in [1.807, 2.05) is 18.5 Å². The Hall–Kier alpha value is -1.36. The van der Waals surface area contributed by atoms with Crippen molar-refractivity contribution in [1.29, 1.82) is 0 Å². The fourth-order valence-corrected chi connectivity index (χ4v) is 2.05. The molecule has 5 nitrogen and oxygen atoms in total. The minimum atomic E-state index is -0.209. The van der Waals surface area contributed by atoms with Crippen LogP contribution in [-0.4, -0.2) is 33.4 Å². The minimum absolute atomic E-state index is 0.0453. The Morgan fingerprint density at radius 2 is 2.00 bits per heavy atom. The molecule has 1 aromatic heterocycles. The summed E-state index contributed by atoms with van der Waals surface area (Å²) >= 11 is 0. The lowest BCUT2D eigenvalue weighted by Gasteiger charge is -2.11. The molecule has 19 heavy (non-hydrogen) atoms. The number of hydrogen-bond donors (Lipinski definition) is 2. The van der Waals surface area contributed by atoms with Gasteiger partial charge in [0.1, 0.15) is 0 Å². The number of hydrogen-bond acceptors (Lipinski definition) is 3. The summed E-state index contributed by atoms with van der Waals surface area (Å²) in [6, 6.07) is -0.209. The first-order valence-electron chi connectivity index (χ1n) is 6.78. The van der Waals surface area contributed by atoms with Crippen LogP contribution in [0.1, 0.15) is 37.7 Å². The Kier molecular flexibility index (Phi) is 5.54. The summed E-state index contributed by atoms with van der Waals surface area (Å²) in [7, 11) is 0. The molecule has 0 aliphatic rings. The zero-order valence-electron chi connectivity index (χ0n) is 12.5. The van der Waals surface area contributed by atoms with E-state index in [0.717, 1.165) is 23.5 Å². The number of nitrogens with zero attached hydrogens (tertiary/aromatic N) is 2. The monoisotopic (exact) mass is 267 g/mol. The first-order valence-corrected chi connectivity index (χ1v) is 6.78. The lowest BCUT2D eigenvalue weighted by molar-refractivity contribution is -0.121. The highest BCUT2D eigenvalue weighted by Crippen LogP contribution is 2.15. The largest absolute Gasteiger partial charge is 0.394 e. The predicted octanol–water partition coefficient (Wildman–Crippen LogP) is 1.20. The fourth-order valence-electron chi connectivity index (χ4n) is 2.05. The molecule has 1 atom stereocenters. The summed E-state index contributed by atoms with van der Waals surface area (Å²) in [5.41, 5.74) is 2.95. The van der Waals surface area contributed by atoms with Gasteiger partial charge in [0.25, 0.3) is 0 Å². The molecule has 0 saturated carbocycles. The number of aromatic nitrogens is 2. The van der Waals surface area contributed by atoms with E-state index in [4.69, 9.17) is 5.11 Å². The molecule has 0 bridgehead atoms. The zero-order valence-corrected chi connectivity index (χ0v) is 12.5. The quantitative estimate of drug-likeness (QED) is 0.813. The number of amides is 1. The van der Waals surface area contributed by atoms with Crippen molar-refractivity contribution >= 4 is 5.91 Å². The van der Waals surface area contributed by atoms with Crippen molar-refractivity contribution < 1.29 is 9.90 Å². The van der Waals surface area contributed by atoms with Gasteiger partial charge in [0.15, 0.2) is 0 Å². The van der Waals surface area contributed by atoms with Crippen LogP contribution in [-0.2, 0) is 17.8 Å². The van der Waals surface area contributed by atoms with E-state index in [-0.39, 0.29) is 18.6 Å². The molecule has 1 aromatic rings. The third kappa shape index (κ3) is 4.35. The van der Waals surface area contributed by atoms with Gasteiger partial charge in [0, 0.05) is 23.8 Å². The SMILES string of the molecule is Cc1nn(CC(C)C)c(C)c1CC(=O)NC(C)CO. The number of aliphatic hydroxyl groups is 1. The summed E-state index contributed by atoms with van der Waals surface area (Å²) in [6.45, 7) is 10.8. The molecule has 0 saturated heterocycles. The maximum Gasteiger partial charge on any atom is 0.224 e. The molecule has 1 unspecified atom stereocenters. The van der Waals surface area contributed by atoms with E-state index in [0.29, 0.717) is 12.3 Å². The standard InChI is InChI=1S/C14H25N3O2/c1-9(2)7-17-12(5)13(11(4)16-17)6-14(19)15-10(3)8-18/h9-10,18H,6-8H2,1-5H3,(H,15,19). The third-order valence-electron chi connectivity index (χ3n) is 3.09. The lowest BCUT2D eigenvalue weighted by Crippen LogP contribution is -2.36. The molecule has 5 heteroatoms. The third-order valence-corrected chi connectivity index (χ3v) is 3.09. The van der Waals surface area contributed by atoms with Crippen LogP contribution in [0.15, 0.2) is 0 Å². The Balaban J connectivity index is 2.78. The summed E-state index contributed by atoms with van der Waals surface area (Å²) in [5.74, 6) is 0.450. The second kappa shape index (κ2) is 6.70. The zero-order chi connectivity index (χ0) is 14.6. The van der Waals surface area contributed by atoms with Crippen LogP contribution < -0.4 is 5.32 Å². The topological polar surface area (TPSA) is 67.2 Å². The molecule has 0 spiro atoms. The van der Waals surface area contributed by atoms with Crippen LogP contribution in [0.5, 0.6) is 0 Å². The van der Waals surface area contributed by atoms with Crippen molar-refractivity contribution in [2.45, 2.75) is 53.6 Å². The van der Waals surface area contributed by atoms with E-state index >= 15 is 0 Å². The molecular formula is C14H25N3O2. The van der Waals surface area contributed by atoms with Crippen LogP contribution in [0.3, 0.4) is 0 Å². The Bertz CT molecular complexity index is 438. The summed E-state index contributed by atoms with van der Waals surface area (Å²) < 4.78 is 1.97. The molecule has 108 valence electrons. The molecule has 1 heterocycles. The van der Waals surface area contributed by atoms with Gasteiger partial charge in [-0.15, -0.1) is 0 Å². The number of nitrogens with one attached hydrogen (secondary N) is 1. The Morgan fingerprint density at radius 3 is 2.53 bits per heavy atom. The number of aryl methyl sites for hydroxylation is 1. The molecule has 0 aliphatic carbocycles. The second-order valence-corrected chi connectivity index (χ2v) is 5.55. The summed E-state index contributed by atoms with van der Waals surface area (Å²) in [5, 5.41) is 16.2. The summed E-state index contributed by atoms with van der Waals surface area (Å²) in [6.07, 6.45) is 0.320. The number of aliphatic hydroxyl groups excluding tert-OH is 1. The van der Waals surface area contributed by atoms with Crippen molar-refractivity contribution in [2.75, 3.05) is 6.61 Å². The second-order valence-electron chi connectivity index (χ2n) is 5.55. The molecule has 2 N–H and O–H groups in total. The smallest absolute Gasteiger partial charge is 0.224 e. The van der Waals surface area contributed by atoms with Gasteiger partial charge in [-0.25, -0.2) is 0 Å². The Morgan fingerprint density at radius 1 is 1.37 bits per heavy atom. The van der Waals surface area contributed by atoms with Crippen molar-refractivity contribution in [3.05, 3.63) is 17.0 Å². The van der Waals surface area contributed by atoms with Gasteiger partial charge in [0.2, 0.25) is 5.91 Å². The number of carbonyl (C=O) groups excluding carboxylic acids is 1.